The average molecular weight is 253 g/mol. The molecule has 4 nitrogen and oxygen atoms in total. The fourth-order valence-corrected chi connectivity index (χ4v) is 1.53. The molecule has 1 aromatic carbocycles. The van der Waals surface area contributed by atoms with Crippen molar-refractivity contribution in [3.63, 3.8) is 0 Å². The van der Waals surface area contributed by atoms with E-state index >= 15 is 0 Å². The van der Waals surface area contributed by atoms with Crippen LogP contribution in [0.4, 0.5) is 0 Å². The summed E-state index contributed by atoms with van der Waals surface area (Å²) in [4.78, 5) is 22.7. The Balaban J connectivity index is 2.78. The highest BCUT2D eigenvalue weighted by Gasteiger charge is 2.15. The summed E-state index contributed by atoms with van der Waals surface area (Å²) >= 11 is 1.64. The standard InChI is InChI=1S/C12H15NO3S/c1-8(17-2)7-13-11(14)9-5-3-4-6-10(9)12(15)16/h3-6,8H,7H2,1-2H3,(H,13,14)(H,15,16). The van der Waals surface area contributed by atoms with E-state index in [4.69, 9.17) is 5.11 Å². The van der Waals surface area contributed by atoms with Gasteiger partial charge in [0, 0.05) is 11.8 Å². The SMILES string of the molecule is CSC(C)CNC(=O)c1ccccc1C(=O)O. The zero-order valence-corrected chi connectivity index (χ0v) is 10.6. The highest BCUT2D eigenvalue weighted by molar-refractivity contribution is 7.99. The van der Waals surface area contributed by atoms with E-state index in [0.29, 0.717) is 11.8 Å². The number of rotatable bonds is 5. The second-order valence-electron chi connectivity index (χ2n) is 3.61. The molecule has 92 valence electrons. The molecule has 0 fully saturated rings. The van der Waals surface area contributed by atoms with Crippen molar-refractivity contribution in [1.82, 2.24) is 5.32 Å². The number of hydrogen-bond donors (Lipinski definition) is 2. The fourth-order valence-electron chi connectivity index (χ4n) is 1.28. The molecule has 17 heavy (non-hydrogen) atoms. The molecule has 1 rings (SSSR count). The Labute approximate surface area is 104 Å². The summed E-state index contributed by atoms with van der Waals surface area (Å²) in [6.45, 7) is 2.52. The molecule has 0 bridgehead atoms. The lowest BCUT2D eigenvalue weighted by Crippen LogP contribution is -2.30. The van der Waals surface area contributed by atoms with E-state index in [2.05, 4.69) is 5.32 Å². The predicted molar refractivity (Wildman–Crippen MR) is 68.7 cm³/mol. The van der Waals surface area contributed by atoms with Gasteiger partial charge in [0.25, 0.3) is 5.91 Å². The molecule has 1 atom stereocenters. The molecule has 2 N–H and O–H groups in total. The lowest BCUT2D eigenvalue weighted by molar-refractivity contribution is 0.0691. The zero-order valence-electron chi connectivity index (χ0n) is 9.77. The summed E-state index contributed by atoms with van der Waals surface area (Å²) in [7, 11) is 0. The quantitative estimate of drug-likeness (QED) is 0.840. The Morgan fingerprint density at radius 2 is 1.94 bits per heavy atom. The number of nitrogens with one attached hydrogen (secondary N) is 1. The van der Waals surface area contributed by atoms with E-state index in [-0.39, 0.29) is 17.0 Å². The monoisotopic (exact) mass is 253 g/mol. The molecule has 0 heterocycles. The molecule has 5 heteroatoms. The molecule has 0 spiro atoms. The Hall–Kier alpha value is -1.49. The first-order valence-electron chi connectivity index (χ1n) is 5.19. The van der Waals surface area contributed by atoms with E-state index in [1.165, 1.54) is 12.1 Å². The first-order valence-corrected chi connectivity index (χ1v) is 6.48. The van der Waals surface area contributed by atoms with Gasteiger partial charge in [-0.05, 0) is 18.4 Å². The summed E-state index contributed by atoms with van der Waals surface area (Å²) < 4.78 is 0. The minimum Gasteiger partial charge on any atom is -0.478 e. The van der Waals surface area contributed by atoms with Gasteiger partial charge in [-0.15, -0.1) is 0 Å². The van der Waals surface area contributed by atoms with Crippen molar-refractivity contribution in [2.75, 3.05) is 12.8 Å². The maximum atomic E-state index is 11.8. The fraction of sp³-hybridized carbons (Fsp3) is 0.333. The number of thioether (sulfide) groups is 1. The van der Waals surface area contributed by atoms with Crippen LogP contribution in [0, 0.1) is 0 Å². The Kier molecular flexibility index (Phi) is 5.03. The van der Waals surface area contributed by atoms with Gasteiger partial charge in [-0.25, -0.2) is 4.79 Å². The van der Waals surface area contributed by atoms with Crippen molar-refractivity contribution in [3.05, 3.63) is 35.4 Å². The van der Waals surface area contributed by atoms with Crippen molar-refractivity contribution in [3.8, 4) is 0 Å². The first-order chi connectivity index (χ1) is 8.06. The Morgan fingerprint density at radius 1 is 1.35 bits per heavy atom. The second kappa shape index (κ2) is 6.30. The number of amides is 1. The van der Waals surface area contributed by atoms with Crippen LogP contribution in [0.25, 0.3) is 0 Å². The average Bonchev–Trinajstić information content (AvgIpc) is 2.35. The zero-order chi connectivity index (χ0) is 12.8. The van der Waals surface area contributed by atoms with E-state index < -0.39 is 5.97 Å². The topological polar surface area (TPSA) is 66.4 Å². The number of benzene rings is 1. The molecule has 0 saturated carbocycles. The minimum absolute atomic E-state index is 0.0294. The summed E-state index contributed by atoms with van der Waals surface area (Å²) in [6, 6.07) is 6.20. The van der Waals surface area contributed by atoms with Crippen LogP contribution in [0.15, 0.2) is 24.3 Å². The van der Waals surface area contributed by atoms with Crippen molar-refractivity contribution >= 4 is 23.6 Å². The molecular formula is C12H15NO3S. The molecule has 1 aromatic rings. The lowest BCUT2D eigenvalue weighted by atomic mass is 10.1. The molecule has 0 aliphatic carbocycles. The maximum Gasteiger partial charge on any atom is 0.336 e. The van der Waals surface area contributed by atoms with Gasteiger partial charge in [-0.2, -0.15) is 11.8 Å². The Bertz CT molecular complexity index is 420. The second-order valence-corrected chi connectivity index (χ2v) is 4.88. The predicted octanol–water partition coefficient (Wildman–Crippen LogP) is 1.87. The molecular weight excluding hydrogens is 238 g/mol. The van der Waals surface area contributed by atoms with Gasteiger partial charge in [0.05, 0.1) is 11.1 Å². The lowest BCUT2D eigenvalue weighted by Gasteiger charge is -2.11. The number of carbonyl (C=O) groups is 2. The normalized spacial score (nSPS) is 11.9. The van der Waals surface area contributed by atoms with Crippen LogP contribution < -0.4 is 5.32 Å². The summed E-state index contributed by atoms with van der Waals surface area (Å²) in [6.07, 6.45) is 1.96. The van der Waals surface area contributed by atoms with Crippen LogP contribution in [0.5, 0.6) is 0 Å². The number of carboxylic acid groups (broad SMARTS) is 1. The van der Waals surface area contributed by atoms with Crippen molar-refractivity contribution in [2.45, 2.75) is 12.2 Å². The van der Waals surface area contributed by atoms with Crippen LogP contribution in [0.2, 0.25) is 0 Å². The molecule has 0 aliphatic rings. The third-order valence-electron chi connectivity index (χ3n) is 2.35. The largest absolute Gasteiger partial charge is 0.478 e. The number of hydrogen-bond acceptors (Lipinski definition) is 3. The number of carboxylic acids is 1. The molecule has 1 unspecified atom stereocenters. The van der Waals surface area contributed by atoms with Crippen LogP contribution in [-0.2, 0) is 0 Å². The van der Waals surface area contributed by atoms with E-state index in [0.717, 1.165) is 0 Å². The van der Waals surface area contributed by atoms with Gasteiger partial charge in [0.15, 0.2) is 0 Å². The smallest absolute Gasteiger partial charge is 0.336 e. The van der Waals surface area contributed by atoms with Crippen LogP contribution in [0.3, 0.4) is 0 Å². The molecule has 0 aromatic heterocycles. The maximum absolute atomic E-state index is 11.8. The molecule has 1 amide bonds. The van der Waals surface area contributed by atoms with Crippen molar-refractivity contribution in [2.24, 2.45) is 0 Å². The van der Waals surface area contributed by atoms with E-state index in [1.807, 2.05) is 13.2 Å². The first kappa shape index (κ1) is 13.6. The summed E-state index contributed by atoms with van der Waals surface area (Å²) in [5.41, 5.74) is 0.232. The van der Waals surface area contributed by atoms with Gasteiger partial charge in [0.2, 0.25) is 0 Å². The van der Waals surface area contributed by atoms with E-state index in [1.54, 1.807) is 23.9 Å². The molecule has 0 radical (unpaired) electrons. The summed E-state index contributed by atoms with van der Waals surface area (Å²) in [5.74, 6) is -1.43. The van der Waals surface area contributed by atoms with Gasteiger partial charge >= 0.3 is 5.97 Å². The van der Waals surface area contributed by atoms with Gasteiger partial charge in [-0.1, -0.05) is 19.1 Å². The number of carbonyl (C=O) groups excluding carboxylic acids is 1. The van der Waals surface area contributed by atoms with Crippen LogP contribution in [-0.4, -0.2) is 35.0 Å². The highest BCUT2D eigenvalue weighted by Crippen LogP contribution is 2.09. The minimum atomic E-state index is -1.09. The third-order valence-corrected chi connectivity index (χ3v) is 3.33. The highest BCUT2D eigenvalue weighted by atomic mass is 32.2. The summed E-state index contributed by atoms with van der Waals surface area (Å²) in [5, 5.41) is 12.0. The van der Waals surface area contributed by atoms with Gasteiger partial charge in [0.1, 0.15) is 0 Å². The van der Waals surface area contributed by atoms with Crippen molar-refractivity contribution in [1.29, 1.82) is 0 Å². The van der Waals surface area contributed by atoms with Crippen molar-refractivity contribution < 1.29 is 14.7 Å². The molecule has 0 aliphatic heterocycles. The van der Waals surface area contributed by atoms with E-state index in [9.17, 15) is 9.59 Å². The van der Waals surface area contributed by atoms with Crippen LogP contribution >= 0.6 is 11.8 Å². The van der Waals surface area contributed by atoms with Gasteiger partial charge in [-0.3, -0.25) is 4.79 Å². The number of aromatic carboxylic acids is 1. The Morgan fingerprint density at radius 3 is 2.47 bits per heavy atom. The van der Waals surface area contributed by atoms with Crippen LogP contribution in [0.1, 0.15) is 27.6 Å². The molecule has 0 saturated heterocycles. The third kappa shape index (κ3) is 3.78. The van der Waals surface area contributed by atoms with Gasteiger partial charge < -0.3 is 10.4 Å².